The Labute approximate surface area is 226 Å². The Hall–Kier alpha value is -4.35. The lowest BCUT2D eigenvalue weighted by atomic mass is 10.1. The second-order valence-electron chi connectivity index (χ2n) is 9.47. The molecule has 4 heterocycles. The fourth-order valence-electron chi connectivity index (χ4n) is 4.69. The van der Waals surface area contributed by atoms with Crippen molar-refractivity contribution >= 4 is 40.9 Å². The number of aryl methyl sites for hydroxylation is 1. The van der Waals surface area contributed by atoms with Crippen LogP contribution in [0.1, 0.15) is 21.5 Å². The molecule has 0 saturated carbocycles. The summed E-state index contributed by atoms with van der Waals surface area (Å²) in [6.45, 7) is 7.37. The molecule has 0 bridgehead atoms. The van der Waals surface area contributed by atoms with Crippen molar-refractivity contribution in [3.63, 3.8) is 0 Å². The van der Waals surface area contributed by atoms with Crippen LogP contribution in [-0.2, 0) is 9.47 Å². The number of carbonyl (C=O) groups is 1. The van der Waals surface area contributed by atoms with Crippen LogP contribution in [0.25, 0.3) is 10.9 Å². The fourth-order valence-corrected chi connectivity index (χ4v) is 4.69. The maximum Gasteiger partial charge on any atom is 0.262 e. The molecule has 0 aliphatic carbocycles. The summed E-state index contributed by atoms with van der Waals surface area (Å²) in [7, 11) is 0. The number of fused-ring (bicyclic) bond motifs is 1. The number of benzene rings is 2. The molecule has 2 aromatic heterocycles. The second kappa shape index (κ2) is 11.2. The van der Waals surface area contributed by atoms with Gasteiger partial charge < -0.3 is 19.3 Å². The Balaban J connectivity index is 1.28. The molecule has 2 aliphatic heterocycles. The first-order chi connectivity index (χ1) is 19.2. The topological polar surface area (TPSA) is 110 Å². The van der Waals surface area contributed by atoms with Gasteiger partial charge in [-0.3, -0.25) is 9.36 Å². The molecule has 39 heavy (non-hydrogen) atoms. The summed E-state index contributed by atoms with van der Waals surface area (Å²) >= 11 is 0. The van der Waals surface area contributed by atoms with Gasteiger partial charge in [0.25, 0.3) is 5.91 Å². The Kier molecular flexibility index (Phi) is 7.15. The van der Waals surface area contributed by atoms with Gasteiger partial charge in [0.05, 0.1) is 38.2 Å². The molecule has 6 rings (SSSR count). The third-order valence-electron chi connectivity index (χ3n) is 6.83. The van der Waals surface area contributed by atoms with Crippen LogP contribution in [0.2, 0.25) is 0 Å². The van der Waals surface area contributed by atoms with E-state index in [-0.39, 0.29) is 5.91 Å². The first-order valence-electron chi connectivity index (χ1n) is 13.1. The minimum Gasteiger partial charge on any atom is -0.378 e. The molecule has 0 atom stereocenters. The van der Waals surface area contributed by atoms with Gasteiger partial charge in [0, 0.05) is 48.9 Å². The molecule has 1 N–H and O–H groups in total. The van der Waals surface area contributed by atoms with E-state index in [1.54, 1.807) is 10.8 Å². The second-order valence-corrected chi connectivity index (χ2v) is 9.47. The molecule has 2 saturated heterocycles. The number of hydrazone groups is 1. The van der Waals surface area contributed by atoms with Crippen LogP contribution in [0.15, 0.2) is 59.8 Å². The van der Waals surface area contributed by atoms with Crippen LogP contribution < -0.4 is 15.2 Å². The molecule has 4 aromatic rings. The highest BCUT2D eigenvalue weighted by Crippen LogP contribution is 2.22. The smallest absolute Gasteiger partial charge is 0.262 e. The average Bonchev–Trinajstić information content (AvgIpc) is 3.36. The van der Waals surface area contributed by atoms with Crippen LogP contribution in [0.5, 0.6) is 0 Å². The van der Waals surface area contributed by atoms with Crippen molar-refractivity contribution in [2.24, 2.45) is 5.10 Å². The van der Waals surface area contributed by atoms with E-state index >= 15 is 0 Å². The SMILES string of the molecule is Cc1ccc(C(=O)n2cc(/C=N\Nc3nc(N4CCOCC4)nc(N4CCOCC4)n3)c3ccccc32)cc1. The van der Waals surface area contributed by atoms with Crippen LogP contribution in [0, 0.1) is 6.92 Å². The van der Waals surface area contributed by atoms with Gasteiger partial charge in [0.2, 0.25) is 17.8 Å². The fraction of sp³-hybridized carbons (Fsp3) is 0.321. The number of morpholine rings is 2. The molecule has 0 spiro atoms. The van der Waals surface area contributed by atoms with Gasteiger partial charge in [-0.15, -0.1) is 0 Å². The van der Waals surface area contributed by atoms with Crippen molar-refractivity contribution in [1.82, 2.24) is 19.5 Å². The lowest BCUT2D eigenvalue weighted by Gasteiger charge is -2.30. The zero-order valence-electron chi connectivity index (χ0n) is 21.8. The number of anilines is 3. The zero-order chi connectivity index (χ0) is 26.6. The van der Waals surface area contributed by atoms with E-state index in [0.29, 0.717) is 76.0 Å². The minimum absolute atomic E-state index is 0.0958. The molecule has 11 nitrogen and oxygen atoms in total. The quantitative estimate of drug-likeness (QED) is 0.300. The van der Waals surface area contributed by atoms with Crippen molar-refractivity contribution in [2.75, 3.05) is 67.8 Å². The maximum atomic E-state index is 13.3. The summed E-state index contributed by atoms with van der Waals surface area (Å²) in [6, 6.07) is 15.4. The van der Waals surface area contributed by atoms with Crippen molar-refractivity contribution in [1.29, 1.82) is 0 Å². The van der Waals surface area contributed by atoms with E-state index in [2.05, 4.69) is 30.3 Å². The Morgan fingerprint density at radius 1 is 0.872 bits per heavy atom. The number of ether oxygens (including phenoxy) is 2. The van der Waals surface area contributed by atoms with Crippen LogP contribution >= 0.6 is 0 Å². The number of hydrogen-bond donors (Lipinski definition) is 1. The van der Waals surface area contributed by atoms with Crippen LogP contribution in [0.3, 0.4) is 0 Å². The molecule has 2 fully saturated rings. The Morgan fingerprint density at radius 2 is 1.49 bits per heavy atom. The number of hydrogen-bond acceptors (Lipinski definition) is 10. The van der Waals surface area contributed by atoms with Gasteiger partial charge in [0.15, 0.2) is 0 Å². The molecule has 2 aliphatic rings. The summed E-state index contributed by atoms with van der Waals surface area (Å²) in [5, 5.41) is 5.37. The van der Waals surface area contributed by atoms with Gasteiger partial charge >= 0.3 is 0 Å². The molecule has 11 heteroatoms. The lowest BCUT2D eigenvalue weighted by molar-refractivity contribution is 0.0965. The molecule has 0 unspecified atom stereocenters. The first kappa shape index (κ1) is 25.0. The van der Waals surface area contributed by atoms with Crippen molar-refractivity contribution in [3.8, 4) is 0 Å². The predicted octanol–water partition coefficient (Wildman–Crippen LogP) is 2.94. The highest BCUT2D eigenvalue weighted by Gasteiger charge is 2.21. The first-order valence-corrected chi connectivity index (χ1v) is 13.1. The zero-order valence-corrected chi connectivity index (χ0v) is 21.8. The largest absolute Gasteiger partial charge is 0.378 e. The maximum absolute atomic E-state index is 13.3. The van der Waals surface area contributed by atoms with Crippen LogP contribution in [0.4, 0.5) is 17.8 Å². The normalized spacial score (nSPS) is 16.2. The summed E-state index contributed by atoms with van der Waals surface area (Å²) in [5.41, 5.74) is 6.34. The number of carbonyl (C=O) groups excluding carboxylic acids is 1. The number of nitrogens with zero attached hydrogens (tertiary/aromatic N) is 7. The van der Waals surface area contributed by atoms with E-state index in [4.69, 9.17) is 14.5 Å². The minimum atomic E-state index is -0.0958. The summed E-state index contributed by atoms with van der Waals surface area (Å²) in [5.74, 6) is 1.44. The monoisotopic (exact) mass is 526 g/mol. The van der Waals surface area contributed by atoms with Gasteiger partial charge in [-0.2, -0.15) is 20.1 Å². The summed E-state index contributed by atoms with van der Waals surface area (Å²) < 4.78 is 12.7. The van der Waals surface area contributed by atoms with E-state index in [1.807, 2.05) is 61.7 Å². The average molecular weight is 527 g/mol. The number of aromatic nitrogens is 4. The van der Waals surface area contributed by atoms with Gasteiger partial charge in [-0.25, -0.2) is 5.43 Å². The van der Waals surface area contributed by atoms with E-state index in [0.717, 1.165) is 22.0 Å². The molecule has 2 aromatic carbocycles. The molecular formula is C28H30N8O3. The highest BCUT2D eigenvalue weighted by molar-refractivity contribution is 6.07. The Morgan fingerprint density at radius 3 is 2.13 bits per heavy atom. The summed E-state index contributed by atoms with van der Waals surface area (Å²) in [6.07, 6.45) is 3.50. The van der Waals surface area contributed by atoms with E-state index < -0.39 is 0 Å². The van der Waals surface area contributed by atoms with Crippen molar-refractivity contribution < 1.29 is 14.3 Å². The molecule has 0 radical (unpaired) electrons. The predicted molar refractivity (Wildman–Crippen MR) is 150 cm³/mol. The summed E-state index contributed by atoms with van der Waals surface area (Å²) in [4.78, 5) is 31.5. The number of para-hydroxylation sites is 1. The van der Waals surface area contributed by atoms with Gasteiger partial charge in [-0.05, 0) is 25.1 Å². The van der Waals surface area contributed by atoms with Gasteiger partial charge in [0.1, 0.15) is 0 Å². The van der Waals surface area contributed by atoms with Gasteiger partial charge in [-0.1, -0.05) is 35.9 Å². The highest BCUT2D eigenvalue weighted by atomic mass is 16.5. The molecule has 0 amide bonds. The van der Waals surface area contributed by atoms with Crippen molar-refractivity contribution in [3.05, 3.63) is 71.4 Å². The Bertz CT molecular complexity index is 1450. The lowest BCUT2D eigenvalue weighted by Crippen LogP contribution is -2.40. The van der Waals surface area contributed by atoms with E-state index in [1.165, 1.54) is 0 Å². The van der Waals surface area contributed by atoms with Crippen molar-refractivity contribution in [2.45, 2.75) is 6.92 Å². The number of rotatable bonds is 6. The van der Waals surface area contributed by atoms with E-state index in [9.17, 15) is 4.79 Å². The third kappa shape index (κ3) is 5.45. The third-order valence-corrected chi connectivity index (χ3v) is 6.83. The molecular weight excluding hydrogens is 496 g/mol. The number of nitrogens with one attached hydrogen (secondary N) is 1. The standard InChI is InChI=1S/C28H30N8O3/c1-20-6-8-21(9-7-20)25(37)36-19-22(23-4-2-3-5-24(23)36)18-29-33-26-30-27(34-10-14-38-15-11-34)32-28(31-26)35-12-16-39-17-13-35/h2-9,18-19H,10-17H2,1H3,(H,30,31,32,33)/b29-18-. The van der Waals surface area contributed by atoms with Crippen LogP contribution in [-0.4, -0.2) is 84.2 Å². The molecule has 200 valence electrons.